The lowest BCUT2D eigenvalue weighted by Gasteiger charge is -2.37. The summed E-state index contributed by atoms with van der Waals surface area (Å²) in [7, 11) is 0. The third-order valence-electron chi connectivity index (χ3n) is 5.08. The third-order valence-corrected chi connectivity index (χ3v) is 5.08. The zero-order chi connectivity index (χ0) is 15.4. The van der Waals surface area contributed by atoms with Crippen LogP contribution in [0.5, 0.6) is 0 Å². The first-order chi connectivity index (χ1) is 10.0. The normalized spacial score (nSPS) is 30.4. The largest absolute Gasteiger partial charge is 0.396 e. The number of nitrogens with zero attached hydrogens (tertiary/aromatic N) is 1. The second-order valence-electron chi connectivity index (χ2n) is 6.79. The maximum absolute atomic E-state index is 12.4. The number of amides is 1. The van der Waals surface area contributed by atoms with Gasteiger partial charge in [-0.2, -0.15) is 0 Å². The molecule has 120 valence electrons. The van der Waals surface area contributed by atoms with Crippen LogP contribution in [-0.4, -0.2) is 48.8 Å². The SMILES string of the molecule is CC1=C[C@@H](CO)[C@H](C(C)C)C[C@H]1CC(=O)N1CCOCC1. The summed E-state index contributed by atoms with van der Waals surface area (Å²) < 4.78 is 5.31. The fraction of sp³-hybridized carbons (Fsp3) is 0.824. The fourth-order valence-corrected chi connectivity index (χ4v) is 3.64. The monoisotopic (exact) mass is 295 g/mol. The number of rotatable bonds is 4. The summed E-state index contributed by atoms with van der Waals surface area (Å²) >= 11 is 0. The number of aliphatic hydroxyl groups excluding tert-OH is 1. The van der Waals surface area contributed by atoms with Crippen LogP contribution in [0.25, 0.3) is 0 Å². The van der Waals surface area contributed by atoms with E-state index >= 15 is 0 Å². The van der Waals surface area contributed by atoms with Gasteiger partial charge in [0.15, 0.2) is 0 Å². The minimum Gasteiger partial charge on any atom is -0.396 e. The predicted molar refractivity (Wildman–Crippen MR) is 82.8 cm³/mol. The van der Waals surface area contributed by atoms with E-state index in [2.05, 4.69) is 26.8 Å². The standard InChI is InChI=1S/C17H29NO3/c1-12(2)16-9-14(13(3)8-15(16)11-19)10-17(20)18-4-6-21-7-5-18/h8,12,14-16,19H,4-7,9-11H2,1-3H3/t14-,15-,16-/m0/s1. The number of carbonyl (C=O) groups excluding carboxylic acids is 1. The fourth-order valence-electron chi connectivity index (χ4n) is 3.64. The summed E-state index contributed by atoms with van der Waals surface area (Å²) in [6, 6.07) is 0. The highest BCUT2D eigenvalue weighted by atomic mass is 16.5. The van der Waals surface area contributed by atoms with Gasteiger partial charge in [-0.3, -0.25) is 4.79 Å². The van der Waals surface area contributed by atoms with E-state index in [9.17, 15) is 9.90 Å². The molecule has 2 rings (SSSR count). The van der Waals surface area contributed by atoms with Crippen molar-refractivity contribution in [3.63, 3.8) is 0 Å². The van der Waals surface area contributed by atoms with Crippen molar-refractivity contribution in [1.82, 2.24) is 4.90 Å². The Morgan fingerprint density at radius 2 is 2.10 bits per heavy atom. The van der Waals surface area contributed by atoms with Crippen LogP contribution in [0, 0.1) is 23.7 Å². The Hall–Kier alpha value is -0.870. The molecule has 0 unspecified atom stereocenters. The van der Waals surface area contributed by atoms with E-state index in [0.29, 0.717) is 37.4 Å². The molecule has 3 atom stereocenters. The zero-order valence-electron chi connectivity index (χ0n) is 13.5. The van der Waals surface area contributed by atoms with E-state index in [1.807, 2.05) is 4.90 Å². The third kappa shape index (κ3) is 4.07. The van der Waals surface area contributed by atoms with Gasteiger partial charge in [0, 0.05) is 32.0 Å². The van der Waals surface area contributed by atoms with Gasteiger partial charge in [-0.25, -0.2) is 0 Å². The minimum absolute atomic E-state index is 0.213. The second-order valence-corrected chi connectivity index (χ2v) is 6.79. The molecule has 4 nitrogen and oxygen atoms in total. The van der Waals surface area contributed by atoms with Crippen LogP contribution < -0.4 is 0 Å². The van der Waals surface area contributed by atoms with Crippen molar-refractivity contribution < 1.29 is 14.6 Å². The molecule has 0 aromatic carbocycles. The minimum atomic E-state index is 0.213. The van der Waals surface area contributed by atoms with Crippen LogP contribution in [-0.2, 0) is 9.53 Å². The van der Waals surface area contributed by atoms with E-state index in [0.717, 1.165) is 19.5 Å². The molecular formula is C17H29NO3. The molecule has 1 saturated heterocycles. The van der Waals surface area contributed by atoms with Crippen molar-refractivity contribution >= 4 is 5.91 Å². The maximum Gasteiger partial charge on any atom is 0.223 e. The number of carbonyl (C=O) groups is 1. The van der Waals surface area contributed by atoms with E-state index in [-0.39, 0.29) is 18.4 Å². The average molecular weight is 295 g/mol. The molecule has 1 fully saturated rings. The molecule has 0 bridgehead atoms. The molecule has 0 aromatic heterocycles. The molecule has 1 aliphatic heterocycles. The number of allylic oxidation sites excluding steroid dienone is 1. The van der Waals surface area contributed by atoms with Gasteiger partial charge in [0.1, 0.15) is 0 Å². The summed E-state index contributed by atoms with van der Waals surface area (Å²) in [5.41, 5.74) is 1.27. The first-order valence-corrected chi connectivity index (χ1v) is 8.17. The molecule has 0 aromatic rings. The molecule has 1 N–H and O–H groups in total. The van der Waals surface area contributed by atoms with Gasteiger partial charge in [0.05, 0.1) is 13.2 Å². The Balaban J connectivity index is 2.00. The van der Waals surface area contributed by atoms with Crippen molar-refractivity contribution in [1.29, 1.82) is 0 Å². The molecule has 0 spiro atoms. The zero-order valence-corrected chi connectivity index (χ0v) is 13.5. The van der Waals surface area contributed by atoms with Crippen molar-refractivity contribution in [3.8, 4) is 0 Å². The summed E-state index contributed by atoms with van der Waals surface area (Å²) in [6.07, 6.45) is 3.82. The lowest BCUT2D eigenvalue weighted by Crippen LogP contribution is -2.42. The Labute approximate surface area is 128 Å². The number of hydrogen-bond donors (Lipinski definition) is 1. The molecule has 0 radical (unpaired) electrons. The molecule has 1 aliphatic carbocycles. The van der Waals surface area contributed by atoms with Gasteiger partial charge in [-0.15, -0.1) is 0 Å². The highest BCUT2D eigenvalue weighted by Crippen LogP contribution is 2.38. The summed E-state index contributed by atoms with van der Waals surface area (Å²) in [6.45, 7) is 9.51. The topological polar surface area (TPSA) is 49.8 Å². The maximum atomic E-state index is 12.4. The van der Waals surface area contributed by atoms with Gasteiger partial charge in [-0.05, 0) is 31.1 Å². The molecular weight excluding hydrogens is 266 g/mol. The molecule has 0 saturated carbocycles. The number of morpholine rings is 1. The van der Waals surface area contributed by atoms with Crippen LogP contribution in [0.1, 0.15) is 33.6 Å². The van der Waals surface area contributed by atoms with Crippen LogP contribution >= 0.6 is 0 Å². The summed E-state index contributed by atoms with van der Waals surface area (Å²) in [4.78, 5) is 14.4. The van der Waals surface area contributed by atoms with E-state index in [1.54, 1.807) is 0 Å². The van der Waals surface area contributed by atoms with E-state index in [1.165, 1.54) is 5.57 Å². The lowest BCUT2D eigenvalue weighted by atomic mass is 9.70. The van der Waals surface area contributed by atoms with Crippen molar-refractivity contribution in [2.45, 2.75) is 33.6 Å². The first-order valence-electron chi connectivity index (χ1n) is 8.17. The van der Waals surface area contributed by atoms with Gasteiger partial charge in [0.2, 0.25) is 5.91 Å². The van der Waals surface area contributed by atoms with Crippen molar-refractivity contribution in [2.24, 2.45) is 23.7 Å². The predicted octanol–water partition coefficient (Wildman–Crippen LogP) is 2.08. The van der Waals surface area contributed by atoms with E-state index in [4.69, 9.17) is 4.74 Å². The second kappa shape index (κ2) is 7.41. The van der Waals surface area contributed by atoms with Gasteiger partial charge in [-0.1, -0.05) is 25.5 Å². The molecule has 4 heteroatoms. The van der Waals surface area contributed by atoms with Crippen molar-refractivity contribution in [3.05, 3.63) is 11.6 Å². The molecule has 1 heterocycles. The Bertz CT molecular complexity index is 385. The number of ether oxygens (including phenoxy) is 1. The Kier molecular flexibility index (Phi) is 5.82. The lowest BCUT2D eigenvalue weighted by molar-refractivity contribution is -0.136. The Morgan fingerprint density at radius 1 is 1.43 bits per heavy atom. The quantitative estimate of drug-likeness (QED) is 0.808. The van der Waals surface area contributed by atoms with Gasteiger partial charge >= 0.3 is 0 Å². The highest BCUT2D eigenvalue weighted by molar-refractivity contribution is 5.77. The van der Waals surface area contributed by atoms with Gasteiger partial charge in [0.25, 0.3) is 0 Å². The summed E-state index contributed by atoms with van der Waals surface area (Å²) in [5, 5.41) is 9.57. The van der Waals surface area contributed by atoms with E-state index < -0.39 is 0 Å². The smallest absolute Gasteiger partial charge is 0.223 e. The van der Waals surface area contributed by atoms with Crippen LogP contribution in [0.4, 0.5) is 0 Å². The van der Waals surface area contributed by atoms with Crippen LogP contribution in [0.15, 0.2) is 11.6 Å². The first kappa shape index (κ1) is 16.5. The summed E-state index contributed by atoms with van der Waals surface area (Å²) in [5.74, 6) is 1.84. The van der Waals surface area contributed by atoms with Crippen LogP contribution in [0.3, 0.4) is 0 Å². The number of hydrogen-bond acceptors (Lipinski definition) is 3. The van der Waals surface area contributed by atoms with Gasteiger partial charge < -0.3 is 14.7 Å². The molecule has 1 amide bonds. The Morgan fingerprint density at radius 3 is 2.67 bits per heavy atom. The molecule has 2 aliphatic rings. The highest BCUT2D eigenvalue weighted by Gasteiger charge is 2.33. The van der Waals surface area contributed by atoms with Crippen molar-refractivity contribution in [2.75, 3.05) is 32.9 Å². The average Bonchev–Trinajstić information content (AvgIpc) is 2.49. The van der Waals surface area contributed by atoms with Crippen LogP contribution in [0.2, 0.25) is 0 Å². The molecule has 21 heavy (non-hydrogen) atoms. The number of aliphatic hydroxyl groups is 1.